The number of hydrogen-bond donors (Lipinski definition) is 2. The minimum atomic E-state index is 0.334. The number of hydrogen-bond acceptors (Lipinski definition) is 5. The lowest BCUT2D eigenvalue weighted by Gasteiger charge is -2.20. The molecule has 1 aromatic heterocycles. The van der Waals surface area contributed by atoms with Crippen LogP contribution in [0, 0.1) is 5.92 Å². The molecule has 2 heterocycles. The maximum absolute atomic E-state index is 5.76. The molecule has 2 rings (SSSR count). The predicted molar refractivity (Wildman–Crippen MR) is 93.2 cm³/mol. The van der Waals surface area contributed by atoms with Gasteiger partial charge >= 0.3 is 0 Å². The Hall–Kier alpha value is -1.17. The molecule has 3 N–H and O–H groups in total. The lowest BCUT2D eigenvalue weighted by atomic mass is 10.0. The van der Waals surface area contributed by atoms with Crippen molar-refractivity contribution in [3.63, 3.8) is 0 Å². The number of nitrogens with one attached hydrogen (secondary N) is 1. The summed E-state index contributed by atoms with van der Waals surface area (Å²) in [5, 5.41) is 8.29. The van der Waals surface area contributed by atoms with Crippen molar-refractivity contribution >= 4 is 40.8 Å². The second kappa shape index (κ2) is 8.46. The van der Waals surface area contributed by atoms with Gasteiger partial charge in [0.2, 0.25) is 0 Å². The molecule has 0 saturated carbocycles. The van der Waals surface area contributed by atoms with E-state index >= 15 is 0 Å². The van der Waals surface area contributed by atoms with Crippen LogP contribution < -0.4 is 11.2 Å². The van der Waals surface area contributed by atoms with Gasteiger partial charge in [-0.1, -0.05) is 50.9 Å². The molecule has 1 aliphatic heterocycles. The summed E-state index contributed by atoms with van der Waals surface area (Å²) in [6.07, 6.45) is 3.67. The highest BCUT2D eigenvalue weighted by Gasteiger charge is 2.09. The average Bonchev–Trinajstić information content (AvgIpc) is 2.41. The number of nitrogen functional groups attached to an aromatic ring is 1. The van der Waals surface area contributed by atoms with Crippen LogP contribution in [0.4, 0.5) is 5.82 Å². The Morgan fingerprint density at radius 2 is 1.77 bits per heavy atom. The zero-order chi connectivity index (χ0) is 16.9. The normalized spacial score (nSPS) is 14.1. The monoisotopic (exact) mass is 363 g/mol. The number of nitrogens with two attached hydrogens (primary N) is 1. The first kappa shape index (κ1) is 18.9. The molecule has 0 aromatic carbocycles. The van der Waals surface area contributed by atoms with Gasteiger partial charge in [-0.3, -0.25) is 5.43 Å². The first-order valence-corrected chi connectivity index (χ1v) is 7.89. The average molecular weight is 365 g/mol. The summed E-state index contributed by atoms with van der Waals surface area (Å²) in [4.78, 5) is 0. The summed E-state index contributed by atoms with van der Waals surface area (Å²) in [7, 11) is 0. The lowest BCUT2D eigenvalue weighted by molar-refractivity contribution is 0.493. The molecule has 0 aliphatic carbocycles. The number of anilines is 1. The number of halogens is 3. The molecule has 0 bridgehead atoms. The van der Waals surface area contributed by atoms with Gasteiger partial charge in [-0.25, -0.2) is 4.53 Å². The van der Waals surface area contributed by atoms with Crippen molar-refractivity contribution in [2.24, 2.45) is 5.92 Å². The van der Waals surface area contributed by atoms with E-state index in [2.05, 4.69) is 29.5 Å². The molecule has 122 valence electrons. The third kappa shape index (κ3) is 5.91. The van der Waals surface area contributed by atoms with Crippen molar-refractivity contribution in [1.29, 1.82) is 0 Å². The van der Waals surface area contributed by atoms with Crippen LogP contribution in [0.1, 0.15) is 39.2 Å². The Labute approximate surface area is 146 Å². The molecule has 0 amide bonds. The van der Waals surface area contributed by atoms with Crippen LogP contribution in [-0.4, -0.2) is 14.7 Å². The maximum Gasteiger partial charge on any atom is 0.155 e. The summed E-state index contributed by atoms with van der Waals surface area (Å²) >= 11 is 17.2. The maximum atomic E-state index is 5.76. The van der Waals surface area contributed by atoms with E-state index in [0.29, 0.717) is 28.0 Å². The molecule has 0 spiro atoms. The Balaban J connectivity index is 0.000000220. The van der Waals surface area contributed by atoms with Gasteiger partial charge in [0.1, 0.15) is 11.0 Å². The fourth-order valence-electron chi connectivity index (χ4n) is 1.61. The predicted octanol–water partition coefficient (Wildman–Crippen LogP) is 4.42. The SMILES string of the molecule is CC(C)C1=CN(Cl)NC(Cl)=C1.CC(C)c1cc(N)nnc1Cl. The van der Waals surface area contributed by atoms with E-state index in [1.807, 2.05) is 19.9 Å². The van der Waals surface area contributed by atoms with E-state index in [4.69, 9.17) is 40.7 Å². The molecular weight excluding hydrogens is 345 g/mol. The standard InChI is InChI=1S/C7H10Cl2N2.C7H10ClN3/c1-5(2)6-3-7(8)10-11(9)4-6;1-4(2)5-3-6(9)10-11-7(5)8/h3-5,10H,1-2H3;3-4H,1-2H3,(H2,9,10). The minimum Gasteiger partial charge on any atom is -0.382 e. The van der Waals surface area contributed by atoms with Gasteiger partial charge in [-0.05, 0) is 35.1 Å². The van der Waals surface area contributed by atoms with Crippen LogP contribution in [0.3, 0.4) is 0 Å². The van der Waals surface area contributed by atoms with E-state index < -0.39 is 0 Å². The number of hydrazine groups is 1. The molecular formula is C14H20Cl3N5. The molecule has 1 aliphatic rings. The molecule has 0 atom stereocenters. The van der Waals surface area contributed by atoms with E-state index in [9.17, 15) is 0 Å². The highest BCUT2D eigenvalue weighted by atomic mass is 35.5. The molecule has 0 saturated heterocycles. The van der Waals surface area contributed by atoms with Gasteiger partial charge in [-0.2, -0.15) is 0 Å². The molecule has 1 aromatic rings. The molecule has 0 unspecified atom stereocenters. The van der Waals surface area contributed by atoms with Crippen molar-refractivity contribution in [1.82, 2.24) is 20.2 Å². The van der Waals surface area contributed by atoms with Gasteiger partial charge in [-0.15, -0.1) is 10.2 Å². The largest absolute Gasteiger partial charge is 0.382 e. The van der Waals surface area contributed by atoms with E-state index in [0.717, 1.165) is 11.1 Å². The van der Waals surface area contributed by atoms with Gasteiger partial charge < -0.3 is 5.73 Å². The first-order valence-electron chi connectivity index (χ1n) is 6.79. The zero-order valence-corrected chi connectivity index (χ0v) is 15.2. The van der Waals surface area contributed by atoms with E-state index in [1.165, 1.54) is 4.53 Å². The molecule has 5 nitrogen and oxygen atoms in total. The Bertz CT molecular complexity index is 570. The fraction of sp³-hybridized carbons (Fsp3) is 0.429. The van der Waals surface area contributed by atoms with Gasteiger partial charge in [0.15, 0.2) is 5.15 Å². The highest BCUT2D eigenvalue weighted by Crippen LogP contribution is 2.22. The van der Waals surface area contributed by atoms with Crippen molar-refractivity contribution in [2.75, 3.05) is 5.73 Å². The smallest absolute Gasteiger partial charge is 0.155 e. The van der Waals surface area contributed by atoms with Crippen LogP contribution in [0.25, 0.3) is 0 Å². The van der Waals surface area contributed by atoms with Gasteiger partial charge in [0.05, 0.1) is 0 Å². The highest BCUT2D eigenvalue weighted by molar-refractivity contribution is 6.30. The second-order valence-electron chi connectivity index (χ2n) is 5.37. The number of rotatable bonds is 2. The third-order valence-corrected chi connectivity index (χ3v) is 3.52. The zero-order valence-electron chi connectivity index (χ0n) is 12.9. The third-order valence-electron chi connectivity index (χ3n) is 2.85. The Morgan fingerprint density at radius 1 is 1.14 bits per heavy atom. The van der Waals surface area contributed by atoms with Gasteiger partial charge in [0.25, 0.3) is 0 Å². The Kier molecular flexibility index (Phi) is 7.26. The summed E-state index contributed by atoms with van der Waals surface area (Å²) in [6.45, 7) is 8.23. The Morgan fingerprint density at radius 3 is 2.23 bits per heavy atom. The first-order chi connectivity index (χ1) is 10.2. The minimum absolute atomic E-state index is 0.334. The van der Waals surface area contributed by atoms with Crippen LogP contribution >= 0.6 is 35.0 Å². The lowest BCUT2D eigenvalue weighted by Crippen LogP contribution is -2.26. The van der Waals surface area contributed by atoms with E-state index in [1.54, 1.807) is 12.3 Å². The molecule has 0 radical (unpaired) electrons. The summed E-state index contributed by atoms with van der Waals surface area (Å²) in [6, 6.07) is 1.75. The molecule has 22 heavy (non-hydrogen) atoms. The summed E-state index contributed by atoms with van der Waals surface area (Å²) < 4.78 is 1.33. The van der Waals surface area contributed by atoms with Crippen LogP contribution in [-0.2, 0) is 0 Å². The van der Waals surface area contributed by atoms with Crippen LogP contribution in [0.5, 0.6) is 0 Å². The number of nitrogens with zero attached hydrogens (tertiary/aromatic N) is 3. The van der Waals surface area contributed by atoms with Crippen molar-refractivity contribution in [3.05, 3.63) is 39.8 Å². The topological polar surface area (TPSA) is 67.1 Å². The summed E-state index contributed by atoms with van der Waals surface area (Å²) in [5.41, 5.74) is 10.2. The quantitative estimate of drug-likeness (QED) is 0.601. The second-order valence-corrected chi connectivity index (χ2v) is 6.50. The summed E-state index contributed by atoms with van der Waals surface area (Å²) in [5.74, 6) is 1.19. The van der Waals surface area contributed by atoms with E-state index in [-0.39, 0.29) is 0 Å². The van der Waals surface area contributed by atoms with Gasteiger partial charge in [0, 0.05) is 18.0 Å². The van der Waals surface area contributed by atoms with Crippen LogP contribution in [0.15, 0.2) is 29.1 Å². The number of allylic oxidation sites excluding steroid dienone is 2. The molecule has 8 heteroatoms. The fourth-order valence-corrected chi connectivity index (χ4v) is 2.38. The molecule has 0 fully saturated rings. The number of aromatic nitrogens is 2. The van der Waals surface area contributed by atoms with Crippen molar-refractivity contribution in [3.8, 4) is 0 Å². The van der Waals surface area contributed by atoms with Crippen LogP contribution in [0.2, 0.25) is 5.15 Å². The van der Waals surface area contributed by atoms with Crippen molar-refractivity contribution in [2.45, 2.75) is 33.6 Å². The van der Waals surface area contributed by atoms with Crippen molar-refractivity contribution < 1.29 is 0 Å².